The first-order chi connectivity index (χ1) is 10.3. The summed E-state index contributed by atoms with van der Waals surface area (Å²) in [6, 6.07) is 5.18. The fourth-order valence-corrected chi connectivity index (χ4v) is 1.93. The highest BCUT2D eigenvalue weighted by atomic mass is 16.6. The Morgan fingerprint density at radius 1 is 1.45 bits per heavy atom. The van der Waals surface area contributed by atoms with E-state index in [1.807, 2.05) is 0 Å². The normalized spacial score (nSPS) is 14.7. The summed E-state index contributed by atoms with van der Waals surface area (Å²) in [6.07, 6.45) is 0.854. The van der Waals surface area contributed by atoms with Crippen molar-refractivity contribution in [1.82, 2.24) is 9.88 Å². The van der Waals surface area contributed by atoms with E-state index in [4.69, 9.17) is 10.00 Å². The van der Waals surface area contributed by atoms with Gasteiger partial charge in [0, 0.05) is 25.0 Å². The SMILES string of the molecule is CC(C)(C)OC(=O)Nc1ccnc(C(=O)N2CC(C#N)C2)c1. The van der Waals surface area contributed by atoms with Gasteiger partial charge in [-0.25, -0.2) is 4.79 Å². The van der Waals surface area contributed by atoms with Gasteiger partial charge in [0.25, 0.3) is 5.91 Å². The smallest absolute Gasteiger partial charge is 0.412 e. The summed E-state index contributed by atoms with van der Waals surface area (Å²) in [5.41, 5.74) is 0.0644. The quantitative estimate of drug-likeness (QED) is 0.901. The zero-order valence-electron chi connectivity index (χ0n) is 12.8. The minimum atomic E-state index is -0.598. The number of hydrogen-bond donors (Lipinski definition) is 1. The van der Waals surface area contributed by atoms with Crippen molar-refractivity contribution < 1.29 is 14.3 Å². The summed E-state index contributed by atoms with van der Waals surface area (Å²) in [4.78, 5) is 29.4. The number of anilines is 1. The molecular weight excluding hydrogens is 284 g/mol. The Morgan fingerprint density at radius 2 is 2.14 bits per heavy atom. The molecule has 1 fully saturated rings. The Bertz CT molecular complexity index is 624. The van der Waals surface area contributed by atoms with E-state index in [-0.39, 0.29) is 17.5 Å². The number of pyridine rings is 1. The lowest BCUT2D eigenvalue weighted by atomic mass is 10.0. The minimum Gasteiger partial charge on any atom is -0.444 e. The summed E-state index contributed by atoms with van der Waals surface area (Å²) in [5, 5.41) is 11.3. The predicted octanol–water partition coefficient (Wildman–Crippen LogP) is 2.02. The van der Waals surface area contributed by atoms with Crippen molar-refractivity contribution in [3.05, 3.63) is 24.0 Å². The number of rotatable bonds is 2. The van der Waals surface area contributed by atoms with E-state index in [0.29, 0.717) is 18.8 Å². The molecule has 0 unspecified atom stereocenters. The van der Waals surface area contributed by atoms with E-state index < -0.39 is 11.7 Å². The van der Waals surface area contributed by atoms with E-state index in [2.05, 4.69) is 16.4 Å². The predicted molar refractivity (Wildman–Crippen MR) is 79.1 cm³/mol. The fourth-order valence-electron chi connectivity index (χ4n) is 1.93. The largest absolute Gasteiger partial charge is 0.444 e. The van der Waals surface area contributed by atoms with Crippen molar-refractivity contribution >= 4 is 17.7 Å². The van der Waals surface area contributed by atoms with Crippen molar-refractivity contribution in [3.63, 3.8) is 0 Å². The van der Waals surface area contributed by atoms with Crippen LogP contribution in [0.15, 0.2) is 18.3 Å². The number of hydrogen-bond acceptors (Lipinski definition) is 5. The standard InChI is InChI=1S/C15H18N4O3/c1-15(2,3)22-14(21)18-11-4-5-17-12(6-11)13(20)19-8-10(7-16)9-19/h4-6,10H,8-9H2,1-3H3,(H,17,18,21). The third-order valence-corrected chi connectivity index (χ3v) is 2.98. The molecule has 0 radical (unpaired) electrons. The lowest BCUT2D eigenvalue weighted by Gasteiger charge is -2.34. The van der Waals surface area contributed by atoms with Crippen molar-refractivity contribution in [2.45, 2.75) is 26.4 Å². The van der Waals surface area contributed by atoms with Crippen molar-refractivity contribution in [3.8, 4) is 6.07 Å². The number of nitrogens with zero attached hydrogens (tertiary/aromatic N) is 3. The van der Waals surface area contributed by atoms with Gasteiger partial charge >= 0.3 is 6.09 Å². The van der Waals surface area contributed by atoms with Crippen molar-refractivity contribution in [1.29, 1.82) is 5.26 Å². The molecule has 1 aromatic rings. The summed E-state index contributed by atoms with van der Waals surface area (Å²) in [5.74, 6) is -0.355. The molecule has 2 amide bonds. The molecule has 1 N–H and O–H groups in total. The molecule has 0 spiro atoms. The topological polar surface area (TPSA) is 95.3 Å². The third kappa shape index (κ3) is 3.95. The summed E-state index contributed by atoms with van der Waals surface area (Å²) in [7, 11) is 0. The first-order valence-corrected chi connectivity index (χ1v) is 6.93. The maximum Gasteiger partial charge on any atom is 0.412 e. The zero-order valence-corrected chi connectivity index (χ0v) is 12.8. The Morgan fingerprint density at radius 3 is 2.73 bits per heavy atom. The number of amides is 2. The van der Waals surface area contributed by atoms with Crippen LogP contribution in [0.1, 0.15) is 31.3 Å². The van der Waals surface area contributed by atoms with Gasteiger partial charge in [0.05, 0.1) is 12.0 Å². The lowest BCUT2D eigenvalue weighted by Crippen LogP contribution is -2.49. The molecule has 0 aliphatic carbocycles. The van der Waals surface area contributed by atoms with Gasteiger partial charge in [-0.2, -0.15) is 5.26 Å². The van der Waals surface area contributed by atoms with Gasteiger partial charge in [-0.1, -0.05) is 0 Å². The van der Waals surface area contributed by atoms with Crippen LogP contribution < -0.4 is 5.32 Å². The van der Waals surface area contributed by atoms with Crippen LogP contribution >= 0.6 is 0 Å². The van der Waals surface area contributed by atoms with Crippen LogP contribution in [-0.2, 0) is 4.74 Å². The Hall–Kier alpha value is -2.62. The number of carbonyl (C=O) groups is 2. The third-order valence-electron chi connectivity index (χ3n) is 2.98. The van der Waals surface area contributed by atoms with Crippen LogP contribution in [0.4, 0.5) is 10.5 Å². The van der Waals surface area contributed by atoms with Gasteiger partial charge in [-0.05, 0) is 32.9 Å². The van der Waals surface area contributed by atoms with Gasteiger partial charge in [-0.3, -0.25) is 15.1 Å². The molecule has 1 aromatic heterocycles. The van der Waals surface area contributed by atoms with E-state index in [0.717, 1.165) is 0 Å². The molecule has 0 atom stereocenters. The maximum absolute atomic E-state index is 12.2. The maximum atomic E-state index is 12.2. The van der Waals surface area contributed by atoms with Gasteiger partial charge in [0.1, 0.15) is 11.3 Å². The lowest BCUT2D eigenvalue weighted by molar-refractivity contribution is 0.0569. The molecule has 7 heteroatoms. The second kappa shape index (κ2) is 6.02. The molecule has 116 valence electrons. The van der Waals surface area contributed by atoms with Crippen LogP contribution in [0.5, 0.6) is 0 Å². The molecule has 1 aliphatic heterocycles. The number of nitriles is 1. The number of ether oxygens (including phenoxy) is 1. The summed E-state index contributed by atoms with van der Waals surface area (Å²) in [6.45, 7) is 6.14. The van der Waals surface area contributed by atoms with Gasteiger partial charge < -0.3 is 9.64 Å². The van der Waals surface area contributed by atoms with E-state index in [1.54, 1.807) is 31.7 Å². The van der Waals surface area contributed by atoms with Crippen LogP contribution in [-0.4, -0.2) is 40.6 Å². The monoisotopic (exact) mass is 302 g/mol. The van der Waals surface area contributed by atoms with Gasteiger partial charge in [0.15, 0.2) is 0 Å². The molecule has 1 aliphatic rings. The van der Waals surface area contributed by atoms with Crippen LogP contribution in [0.25, 0.3) is 0 Å². The van der Waals surface area contributed by atoms with Crippen molar-refractivity contribution in [2.75, 3.05) is 18.4 Å². The Balaban J connectivity index is 2.00. The second-order valence-corrected chi connectivity index (χ2v) is 6.09. The zero-order chi connectivity index (χ0) is 16.3. The van der Waals surface area contributed by atoms with Crippen LogP contribution in [0.3, 0.4) is 0 Å². The number of aromatic nitrogens is 1. The minimum absolute atomic E-state index is 0.105. The molecule has 1 saturated heterocycles. The molecule has 7 nitrogen and oxygen atoms in total. The van der Waals surface area contributed by atoms with Gasteiger partial charge in [-0.15, -0.1) is 0 Å². The molecule has 2 rings (SSSR count). The van der Waals surface area contributed by atoms with Crippen molar-refractivity contribution in [2.24, 2.45) is 5.92 Å². The first-order valence-electron chi connectivity index (χ1n) is 6.93. The number of carbonyl (C=O) groups excluding carboxylic acids is 2. The first kappa shape index (κ1) is 15.8. The average Bonchev–Trinajstić information content (AvgIpc) is 2.35. The van der Waals surface area contributed by atoms with Crippen LogP contribution in [0, 0.1) is 17.2 Å². The highest BCUT2D eigenvalue weighted by Gasteiger charge is 2.31. The number of nitrogens with one attached hydrogen (secondary N) is 1. The van der Waals surface area contributed by atoms with E-state index in [1.165, 1.54) is 12.3 Å². The Labute approximate surface area is 128 Å². The van der Waals surface area contributed by atoms with Crippen LogP contribution in [0.2, 0.25) is 0 Å². The molecule has 0 bridgehead atoms. The average molecular weight is 302 g/mol. The van der Waals surface area contributed by atoms with Gasteiger partial charge in [0.2, 0.25) is 0 Å². The molecule has 22 heavy (non-hydrogen) atoms. The molecule has 0 saturated carbocycles. The van der Waals surface area contributed by atoms with E-state index >= 15 is 0 Å². The highest BCUT2D eigenvalue weighted by molar-refractivity contribution is 5.95. The highest BCUT2D eigenvalue weighted by Crippen LogP contribution is 2.19. The molecular formula is C15H18N4O3. The molecule has 2 heterocycles. The Kier molecular flexibility index (Phi) is 4.31. The number of likely N-dealkylation sites (tertiary alicyclic amines) is 1. The summed E-state index contributed by atoms with van der Waals surface area (Å²) >= 11 is 0. The van der Waals surface area contributed by atoms with E-state index in [9.17, 15) is 9.59 Å². The second-order valence-electron chi connectivity index (χ2n) is 6.09. The fraction of sp³-hybridized carbons (Fsp3) is 0.467. The molecule has 0 aromatic carbocycles. The summed E-state index contributed by atoms with van der Waals surface area (Å²) < 4.78 is 5.15.